The zero-order valence-corrected chi connectivity index (χ0v) is 34.6. The van der Waals surface area contributed by atoms with E-state index >= 15 is 0 Å². The number of carbonyl (C=O) groups excluding carboxylic acids is 4. The summed E-state index contributed by atoms with van der Waals surface area (Å²) in [7, 11) is 2.57. The first-order valence-corrected chi connectivity index (χ1v) is 20.5. The Bertz CT molecular complexity index is 2420. The maximum atomic E-state index is 13.6. The summed E-state index contributed by atoms with van der Waals surface area (Å²) < 4.78 is 9.54. The second-order valence-corrected chi connectivity index (χ2v) is 16.3. The van der Waals surface area contributed by atoms with E-state index in [0.29, 0.717) is 36.0 Å². The van der Waals surface area contributed by atoms with Crippen molar-refractivity contribution in [3.05, 3.63) is 72.6 Å². The van der Waals surface area contributed by atoms with Gasteiger partial charge in [-0.2, -0.15) is 0 Å². The number of fused-ring (bicyclic) bond motifs is 3. The lowest BCUT2D eigenvalue weighted by molar-refractivity contribution is -0.136. The van der Waals surface area contributed by atoms with Crippen LogP contribution in [0.5, 0.6) is 0 Å². The third kappa shape index (κ3) is 7.80. The van der Waals surface area contributed by atoms with Gasteiger partial charge in [0.2, 0.25) is 11.8 Å². The number of aromatic amines is 2. The van der Waals surface area contributed by atoms with Crippen molar-refractivity contribution in [2.24, 2.45) is 11.8 Å². The predicted molar refractivity (Wildman–Crippen MR) is 225 cm³/mol. The van der Waals surface area contributed by atoms with Crippen molar-refractivity contribution in [1.82, 2.24) is 50.3 Å². The number of nitrogens with zero attached hydrogens (tertiary/aromatic N) is 6. The summed E-state index contributed by atoms with van der Waals surface area (Å²) in [4.78, 5) is 80.7. The lowest BCUT2D eigenvalue weighted by Crippen LogP contribution is -2.51. The van der Waals surface area contributed by atoms with E-state index in [2.05, 4.69) is 67.0 Å². The molecule has 4 N–H and O–H groups in total. The lowest BCUT2D eigenvalue weighted by Gasteiger charge is -2.29. The van der Waals surface area contributed by atoms with Crippen molar-refractivity contribution in [2.45, 2.75) is 77.5 Å². The van der Waals surface area contributed by atoms with Gasteiger partial charge in [-0.3, -0.25) is 9.59 Å². The number of hydrogen-bond acceptors (Lipinski definition) is 10. The predicted octanol–water partition coefficient (Wildman–Crippen LogP) is 6.80. The Morgan fingerprint density at radius 3 is 1.43 bits per heavy atom. The standard InChI is InChI=1S/C44H50N10O6/c1-23(2)35(49-43(57)59-5)41(55)53-15-7-9-33(53)39-47-31-19-29(21-45-37(31)51-39)27-13-11-26-18-28(14-12-25(26)17-27)30-20-32-38(46-22-30)52-40(48-32)34-10-8-16-54(34)42(56)36(24(3)4)50-44(58)60-6/h11-14,17-24,33-36H,7-10,15-16H2,1-6H3,(H,49,57)(H,50,58)(H,45,47,51)(H,46,48,52)/t33-,34?,35+,36+/m1/s1. The molecule has 16 nitrogen and oxygen atoms in total. The van der Waals surface area contributed by atoms with Crippen molar-refractivity contribution in [1.29, 1.82) is 0 Å². The molecule has 16 heteroatoms. The molecule has 2 aliphatic rings. The first kappa shape index (κ1) is 40.2. The van der Waals surface area contributed by atoms with Gasteiger partial charge < -0.3 is 39.9 Å². The summed E-state index contributed by atoms with van der Waals surface area (Å²) in [5.41, 5.74) is 6.55. The highest BCUT2D eigenvalue weighted by Gasteiger charge is 2.39. The van der Waals surface area contributed by atoms with Crippen LogP contribution in [0.25, 0.3) is 55.4 Å². The summed E-state index contributed by atoms with van der Waals surface area (Å²) in [5, 5.41) is 7.52. The molecule has 60 heavy (non-hydrogen) atoms. The average molecular weight is 815 g/mol. The monoisotopic (exact) mass is 814 g/mol. The molecule has 2 saturated heterocycles. The van der Waals surface area contributed by atoms with Crippen LogP contribution in [0.1, 0.15) is 77.1 Å². The Balaban J connectivity index is 0.993. The van der Waals surface area contributed by atoms with Crippen molar-refractivity contribution in [2.75, 3.05) is 27.3 Å². The third-order valence-electron chi connectivity index (χ3n) is 11.7. The zero-order valence-electron chi connectivity index (χ0n) is 34.6. The second kappa shape index (κ2) is 16.6. The van der Waals surface area contributed by atoms with Crippen LogP contribution in [0, 0.1) is 11.8 Å². The van der Waals surface area contributed by atoms with Crippen LogP contribution in [-0.4, -0.2) is 103 Å². The highest BCUT2D eigenvalue weighted by atomic mass is 16.5. The quantitative estimate of drug-likeness (QED) is 0.114. The topological polar surface area (TPSA) is 200 Å². The minimum Gasteiger partial charge on any atom is -0.453 e. The number of imidazole rings is 2. The van der Waals surface area contributed by atoms with Gasteiger partial charge in [0.15, 0.2) is 11.3 Å². The van der Waals surface area contributed by atoms with Crippen LogP contribution in [0.2, 0.25) is 0 Å². The van der Waals surface area contributed by atoms with Crippen LogP contribution < -0.4 is 10.6 Å². The molecule has 0 spiro atoms. The minimum absolute atomic E-state index is 0.123. The molecular weight excluding hydrogens is 765 g/mol. The maximum absolute atomic E-state index is 13.6. The Labute approximate surface area is 346 Å². The number of nitrogens with one attached hydrogen (secondary N) is 4. The summed E-state index contributed by atoms with van der Waals surface area (Å²) in [5.74, 6) is 0.779. The molecule has 4 atom stereocenters. The van der Waals surface area contributed by atoms with E-state index in [1.54, 1.807) is 9.80 Å². The number of alkyl carbamates (subject to hydrolysis) is 2. The second-order valence-electron chi connectivity index (χ2n) is 16.3. The zero-order chi connectivity index (χ0) is 42.2. The van der Waals surface area contributed by atoms with Crippen molar-refractivity contribution in [3.63, 3.8) is 0 Å². The molecule has 0 saturated carbocycles. The Morgan fingerprint density at radius 1 is 0.633 bits per heavy atom. The van der Waals surface area contributed by atoms with Crippen molar-refractivity contribution in [3.8, 4) is 22.3 Å². The molecule has 1 unspecified atom stereocenters. The van der Waals surface area contributed by atoms with Gasteiger partial charge >= 0.3 is 12.2 Å². The van der Waals surface area contributed by atoms with E-state index in [4.69, 9.17) is 19.4 Å². The third-order valence-corrected chi connectivity index (χ3v) is 11.7. The Morgan fingerprint density at radius 2 is 1.05 bits per heavy atom. The lowest BCUT2D eigenvalue weighted by atomic mass is 9.99. The number of ether oxygens (including phenoxy) is 2. The number of likely N-dealkylation sites (tertiary alicyclic amines) is 2. The van der Waals surface area contributed by atoms with E-state index in [-0.39, 0.29) is 35.7 Å². The van der Waals surface area contributed by atoms with E-state index in [0.717, 1.165) is 69.7 Å². The van der Waals surface area contributed by atoms with E-state index in [1.165, 1.54) is 14.2 Å². The largest absolute Gasteiger partial charge is 0.453 e. The first-order chi connectivity index (χ1) is 28.9. The van der Waals surface area contributed by atoms with Gasteiger partial charge in [0.1, 0.15) is 23.7 Å². The molecule has 312 valence electrons. The highest BCUT2D eigenvalue weighted by Crippen LogP contribution is 2.36. The Hall–Kier alpha value is -6.58. The number of pyridine rings is 2. The van der Waals surface area contributed by atoms with Gasteiger partial charge in [-0.1, -0.05) is 52.0 Å². The van der Waals surface area contributed by atoms with Gasteiger partial charge in [-0.25, -0.2) is 29.5 Å². The smallest absolute Gasteiger partial charge is 0.407 e. The fourth-order valence-corrected chi connectivity index (χ4v) is 8.46. The number of carbonyl (C=O) groups is 4. The molecule has 0 bridgehead atoms. The molecule has 0 aliphatic carbocycles. The number of rotatable bonds is 10. The number of amides is 4. The molecule has 6 heterocycles. The van der Waals surface area contributed by atoms with E-state index < -0.39 is 24.3 Å². The molecule has 6 aromatic rings. The van der Waals surface area contributed by atoms with Gasteiger partial charge in [0.25, 0.3) is 0 Å². The van der Waals surface area contributed by atoms with Crippen LogP contribution >= 0.6 is 0 Å². The fourth-order valence-electron chi connectivity index (χ4n) is 8.46. The van der Waals surface area contributed by atoms with Gasteiger partial charge in [0.05, 0.1) is 37.3 Å². The van der Waals surface area contributed by atoms with Gasteiger partial charge in [-0.15, -0.1) is 0 Å². The molecule has 2 fully saturated rings. The highest BCUT2D eigenvalue weighted by molar-refractivity contribution is 5.93. The summed E-state index contributed by atoms with van der Waals surface area (Å²) >= 11 is 0. The number of methoxy groups -OCH3 is 2. The van der Waals surface area contributed by atoms with Crippen LogP contribution in [0.3, 0.4) is 0 Å². The van der Waals surface area contributed by atoms with Crippen LogP contribution in [0.15, 0.2) is 60.9 Å². The summed E-state index contributed by atoms with van der Waals surface area (Å²) in [6, 6.07) is 14.7. The number of hydrogen-bond donors (Lipinski definition) is 4. The first-order valence-electron chi connectivity index (χ1n) is 20.5. The Kier molecular flexibility index (Phi) is 11.1. The SMILES string of the molecule is COC(=O)N[C@H](C(=O)N1CCCC1c1nc2ncc(-c3ccc4cc(-c5cnc6nc([C@H]7CCCN7C(=O)[C@@H](NC(=O)OC)C(C)C)[nH]c6c5)ccc4c3)cc2[nH]1)C(C)C. The number of H-pyrrole nitrogens is 2. The molecule has 4 amide bonds. The van der Waals surface area contributed by atoms with Crippen LogP contribution in [0.4, 0.5) is 9.59 Å². The van der Waals surface area contributed by atoms with Crippen molar-refractivity contribution >= 4 is 57.1 Å². The van der Waals surface area contributed by atoms with Crippen molar-refractivity contribution < 1.29 is 28.7 Å². The molecule has 2 aromatic carbocycles. The molecular formula is C44H50N10O6. The van der Waals surface area contributed by atoms with Gasteiger partial charge in [0, 0.05) is 36.6 Å². The van der Waals surface area contributed by atoms with E-state index in [9.17, 15) is 19.2 Å². The summed E-state index contributed by atoms with van der Waals surface area (Å²) in [6.45, 7) is 8.72. The normalized spacial score (nSPS) is 17.8. The molecule has 4 aromatic heterocycles. The fraction of sp³-hybridized carbons (Fsp3) is 0.409. The number of benzene rings is 2. The van der Waals surface area contributed by atoms with Gasteiger partial charge in [-0.05, 0) is 83.7 Å². The molecule has 2 aliphatic heterocycles. The average Bonchev–Trinajstić information content (AvgIpc) is 4.08. The van der Waals surface area contributed by atoms with Crippen LogP contribution in [-0.2, 0) is 19.1 Å². The number of aromatic nitrogens is 6. The van der Waals surface area contributed by atoms with E-state index in [1.807, 2.05) is 52.2 Å². The molecule has 8 rings (SSSR count). The minimum atomic E-state index is -0.710. The molecule has 0 radical (unpaired) electrons. The maximum Gasteiger partial charge on any atom is 0.407 e. The summed E-state index contributed by atoms with van der Waals surface area (Å²) in [6.07, 6.45) is 5.51.